The number of allylic oxidation sites excluding steroid dienone is 3. The Morgan fingerprint density at radius 2 is 1.81 bits per heavy atom. The van der Waals surface area contributed by atoms with Crippen molar-refractivity contribution in [3.8, 4) is 11.5 Å². The van der Waals surface area contributed by atoms with E-state index in [1.165, 1.54) is 57.3 Å². The zero-order valence-electron chi connectivity index (χ0n) is 27.8. The van der Waals surface area contributed by atoms with Crippen LogP contribution in [-0.2, 0) is 9.53 Å². The molecule has 0 aliphatic heterocycles. The third-order valence-corrected chi connectivity index (χ3v) is 12.9. The summed E-state index contributed by atoms with van der Waals surface area (Å²) < 4.78 is 11.3. The molecule has 9 atom stereocenters. The number of aromatic hydroxyl groups is 1. The zero-order valence-corrected chi connectivity index (χ0v) is 27.8. The van der Waals surface area contributed by atoms with Crippen molar-refractivity contribution in [1.82, 2.24) is 0 Å². The Morgan fingerprint density at radius 3 is 2.53 bits per heavy atom. The number of phenolic OH excluding ortho intramolecular Hbond substituents is 1. The number of hydrogen-bond donors (Lipinski definition) is 1. The second-order valence-corrected chi connectivity index (χ2v) is 15.4. The van der Waals surface area contributed by atoms with Crippen molar-refractivity contribution >= 4 is 12.0 Å². The Morgan fingerprint density at radius 1 is 1.09 bits per heavy atom. The lowest BCUT2D eigenvalue weighted by Gasteiger charge is -2.59. The summed E-state index contributed by atoms with van der Waals surface area (Å²) in [6, 6.07) is 5.05. The smallest absolute Gasteiger partial charge is 0.331 e. The van der Waals surface area contributed by atoms with E-state index in [9.17, 15) is 9.90 Å². The topological polar surface area (TPSA) is 55.8 Å². The van der Waals surface area contributed by atoms with Gasteiger partial charge in [-0.15, -0.1) is 0 Å². The Labute approximate surface area is 261 Å². The van der Waals surface area contributed by atoms with Crippen LogP contribution < -0.4 is 4.74 Å². The predicted molar refractivity (Wildman–Crippen MR) is 176 cm³/mol. The maximum atomic E-state index is 12.9. The average Bonchev–Trinajstić information content (AvgIpc) is 3.34. The normalized spacial score (nSPS) is 36.0. The average molecular weight is 589 g/mol. The second-order valence-electron chi connectivity index (χ2n) is 15.4. The van der Waals surface area contributed by atoms with Crippen molar-refractivity contribution < 1.29 is 19.4 Å². The van der Waals surface area contributed by atoms with Gasteiger partial charge in [-0.2, -0.15) is 0 Å². The molecule has 236 valence electrons. The van der Waals surface area contributed by atoms with E-state index < -0.39 is 0 Å². The molecule has 3 fully saturated rings. The fourth-order valence-electron chi connectivity index (χ4n) is 10.1. The maximum Gasteiger partial charge on any atom is 0.331 e. The molecular weight excluding hydrogens is 532 g/mol. The fourth-order valence-corrected chi connectivity index (χ4v) is 10.1. The zero-order chi connectivity index (χ0) is 31.1. The highest BCUT2D eigenvalue weighted by molar-refractivity contribution is 5.87. The van der Waals surface area contributed by atoms with Crippen molar-refractivity contribution in [3.05, 3.63) is 53.6 Å². The number of phenols is 1. The standard InChI is InChI=1S/C39H56O4/c1-24(2)25(3)9-10-26(4)30-15-16-32-29-13-14-31-27(5)35(20-22-39(31,7)33(29)19-21-38(30,32)6)43-37(41)18-12-28-11-17-34(40)36(23-28)42-8/h11-13,17-18,23-24,26-27,30-33,35,40H,3,9-10,14-16,19-22H2,1-2,4-8H3/b18-12+/t26-,27+,30-,31+,32+,33+,35+,38-,39+/m1/s1. The van der Waals surface area contributed by atoms with Crippen LogP contribution in [0.1, 0.15) is 105 Å². The first-order valence-corrected chi connectivity index (χ1v) is 17.0. The summed E-state index contributed by atoms with van der Waals surface area (Å²) in [6.07, 6.45) is 16.9. The Hall–Kier alpha value is -2.49. The molecule has 0 amide bonds. The summed E-state index contributed by atoms with van der Waals surface area (Å²) in [5.74, 6) is 4.61. The molecule has 0 radical (unpaired) electrons. The first kappa shape index (κ1) is 31.9. The molecule has 0 unspecified atom stereocenters. The van der Waals surface area contributed by atoms with Gasteiger partial charge in [-0.3, -0.25) is 0 Å². The van der Waals surface area contributed by atoms with Crippen molar-refractivity contribution in [2.45, 2.75) is 105 Å². The molecule has 4 heteroatoms. The van der Waals surface area contributed by atoms with E-state index in [0.29, 0.717) is 34.8 Å². The molecular formula is C39H56O4. The van der Waals surface area contributed by atoms with Crippen molar-refractivity contribution in [3.63, 3.8) is 0 Å². The van der Waals surface area contributed by atoms with E-state index >= 15 is 0 Å². The quantitative estimate of drug-likeness (QED) is 0.177. The number of ether oxygens (including phenoxy) is 2. The highest BCUT2D eigenvalue weighted by Crippen LogP contribution is 2.67. The van der Waals surface area contributed by atoms with Crippen LogP contribution in [0.2, 0.25) is 0 Å². The van der Waals surface area contributed by atoms with Crippen LogP contribution in [0.25, 0.3) is 6.08 Å². The number of carbonyl (C=O) groups is 1. The molecule has 43 heavy (non-hydrogen) atoms. The van der Waals surface area contributed by atoms with Crippen LogP contribution in [0.5, 0.6) is 11.5 Å². The summed E-state index contributed by atoms with van der Waals surface area (Å²) >= 11 is 0. The first-order chi connectivity index (χ1) is 20.4. The van der Waals surface area contributed by atoms with Crippen LogP contribution in [-0.4, -0.2) is 24.3 Å². The molecule has 0 heterocycles. The van der Waals surface area contributed by atoms with Crippen molar-refractivity contribution in [2.75, 3.05) is 7.11 Å². The van der Waals surface area contributed by atoms with Crippen LogP contribution in [0.3, 0.4) is 0 Å². The molecule has 0 saturated heterocycles. The second kappa shape index (κ2) is 12.5. The van der Waals surface area contributed by atoms with Crippen LogP contribution >= 0.6 is 0 Å². The minimum absolute atomic E-state index is 0.0503. The Bertz CT molecular complexity index is 1260. The summed E-state index contributed by atoms with van der Waals surface area (Å²) in [4.78, 5) is 12.9. The molecule has 4 aliphatic carbocycles. The Balaban J connectivity index is 1.24. The molecule has 4 aliphatic rings. The Kier molecular flexibility index (Phi) is 9.27. The molecule has 1 N–H and O–H groups in total. The van der Waals surface area contributed by atoms with E-state index in [1.807, 2.05) is 0 Å². The number of benzene rings is 1. The van der Waals surface area contributed by atoms with E-state index in [2.05, 4.69) is 54.2 Å². The summed E-state index contributed by atoms with van der Waals surface area (Å²) in [6.45, 7) is 18.9. The highest BCUT2D eigenvalue weighted by Gasteiger charge is 2.59. The number of hydrogen-bond acceptors (Lipinski definition) is 4. The highest BCUT2D eigenvalue weighted by atomic mass is 16.5. The number of fused-ring (bicyclic) bond motifs is 5. The summed E-state index contributed by atoms with van der Waals surface area (Å²) in [5, 5.41) is 9.84. The van der Waals surface area contributed by atoms with Crippen LogP contribution in [0.4, 0.5) is 0 Å². The molecule has 0 aromatic heterocycles. The summed E-state index contributed by atoms with van der Waals surface area (Å²) in [5.41, 5.74) is 4.70. The molecule has 0 bridgehead atoms. The largest absolute Gasteiger partial charge is 0.504 e. The minimum atomic E-state index is -0.295. The van der Waals surface area contributed by atoms with E-state index in [-0.39, 0.29) is 23.2 Å². The SMILES string of the molecule is C=C(CC[C@@H](C)[C@H]1CC[C@H]2C3=CC[C@H]4[C@H](C)[C@@H](OC(=O)/C=C/c5ccc(O)c(OC)c5)CC[C@]4(C)[C@H]3CC[C@]12C)C(C)C. The van der Waals surface area contributed by atoms with Gasteiger partial charge in [0, 0.05) is 6.08 Å². The van der Waals surface area contributed by atoms with Crippen LogP contribution in [0.15, 0.2) is 48.1 Å². The number of methoxy groups -OCH3 is 1. The van der Waals surface area contributed by atoms with Gasteiger partial charge < -0.3 is 14.6 Å². The number of carbonyl (C=O) groups excluding carboxylic acids is 1. The van der Waals surface area contributed by atoms with E-state index in [1.54, 1.807) is 29.8 Å². The first-order valence-electron chi connectivity index (χ1n) is 17.0. The van der Waals surface area contributed by atoms with E-state index in [0.717, 1.165) is 42.6 Å². The molecule has 4 nitrogen and oxygen atoms in total. The van der Waals surface area contributed by atoms with Gasteiger partial charge in [-0.05, 0) is 134 Å². The lowest BCUT2D eigenvalue weighted by molar-refractivity contribution is -0.155. The van der Waals surface area contributed by atoms with Gasteiger partial charge in [0.25, 0.3) is 0 Å². The molecule has 0 spiro atoms. The van der Waals surface area contributed by atoms with Crippen molar-refractivity contribution in [2.24, 2.45) is 52.3 Å². The van der Waals surface area contributed by atoms with Gasteiger partial charge in [0.15, 0.2) is 11.5 Å². The molecule has 1 aromatic carbocycles. The van der Waals surface area contributed by atoms with E-state index in [4.69, 9.17) is 9.47 Å². The lowest BCUT2D eigenvalue weighted by atomic mass is 9.46. The van der Waals surface area contributed by atoms with Gasteiger partial charge in [0.2, 0.25) is 0 Å². The van der Waals surface area contributed by atoms with Gasteiger partial charge in [0.05, 0.1) is 7.11 Å². The maximum absolute atomic E-state index is 12.9. The molecule has 5 rings (SSSR count). The molecule has 3 saturated carbocycles. The number of esters is 1. The molecule has 1 aromatic rings. The third-order valence-electron chi connectivity index (χ3n) is 12.9. The lowest BCUT2D eigenvalue weighted by Crippen LogP contribution is -2.53. The number of rotatable bonds is 9. The van der Waals surface area contributed by atoms with Gasteiger partial charge in [-0.25, -0.2) is 4.79 Å². The predicted octanol–water partition coefficient (Wildman–Crippen LogP) is 9.78. The van der Waals surface area contributed by atoms with Gasteiger partial charge in [0.1, 0.15) is 6.10 Å². The monoisotopic (exact) mass is 588 g/mol. The fraction of sp³-hybridized carbons (Fsp3) is 0.667. The summed E-state index contributed by atoms with van der Waals surface area (Å²) in [7, 11) is 1.52. The minimum Gasteiger partial charge on any atom is -0.504 e. The van der Waals surface area contributed by atoms with Gasteiger partial charge >= 0.3 is 5.97 Å². The van der Waals surface area contributed by atoms with Crippen molar-refractivity contribution in [1.29, 1.82) is 0 Å². The van der Waals surface area contributed by atoms with Crippen LogP contribution in [0, 0.1) is 52.3 Å². The van der Waals surface area contributed by atoms with Gasteiger partial charge in [-0.1, -0.05) is 71.4 Å². The third kappa shape index (κ3) is 5.97.